The molecule has 3 aromatic carbocycles. The number of nitrogens with one attached hydrogen (secondary N) is 1. The molecule has 290 valence electrons. The van der Waals surface area contributed by atoms with Gasteiger partial charge in [0.05, 0.1) is 29.3 Å². The summed E-state index contributed by atoms with van der Waals surface area (Å²) in [5.74, 6) is 0.169. The largest absolute Gasteiger partial charge is 0.497 e. The number of piperidine rings is 3. The van der Waals surface area contributed by atoms with Gasteiger partial charge < -0.3 is 29.0 Å². The number of hydrogen-bond acceptors (Lipinski definition) is 10. The number of rotatable bonds is 16. The number of pyridine rings is 1. The van der Waals surface area contributed by atoms with Crippen LogP contribution in [0, 0.1) is 11.8 Å². The van der Waals surface area contributed by atoms with Crippen molar-refractivity contribution in [1.29, 1.82) is 0 Å². The summed E-state index contributed by atoms with van der Waals surface area (Å²) in [4.78, 5) is 33.9. The Balaban J connectivity index is 1.11. The first kappa shape index (κ1) is 38.6. The molecule has 4 fully saturated rings. The Morgan fingerprint density at radius 1 is 0.927 bits per heavy atom. The van der Waals surface area contributed by atoms with E-state index in [0.29, 0.717) is 46.6 Å². The molecule has 0 spiro atoms. The molecule has 0 radical (unpaired) electrons. The van der Waals surface area contributed by atoms with Gasteiger partial charge in [0.2, 0.25) is 0 Å². The minimum Gasteiger partial charge on any atom is -0.497 e. The molecule has 55 heavy (non-hydrogen) atoms. The number of esters is 2. The van der Waals surface area contributed by atoms with Crippen LogP contribution in [0.1, 0.15) is 64.9 Å². The summed E-state index contributed by atoms with van der Waals surface area (Å²) in [5, 5.41) is 3.83. The molecule has 4 heterocycles. The lowest BCUT2D eigenvalue weighted by atomic mass is 9.86. The average molecular weight is 797 g/mol. The van der Waals surface area contributed by atoms with Gasteiger partial charge in [0.1, 0.15) is 18.0 Å². The molecule has 3 saturated heterocycles. The van der Waals surface area contributed by atoms with Gasteiger partial charge in [-0.2, -0.15) is 8.78 Å². The fourth-order valence-corrected chi connectivity index (χ4v) is 7.52. The number of halogens is 4. The van der Waals surface area contributed by atoms with Crippen molar-refractivity contribution in [3.05, 3.63) is 111 Å². The maximum absolute atomic E-state index is 13.8. The first-order valence-corrected chi connectivity index (χ1v) is 19.0. The zero-order valence-corrected chi connectivity index (χ0v) is 31.6. The Labute approximate surface area is 328 Å². The van der Waals surface area contributed by atoms with Crippen LogP contribution < -0.4 is 19.5 Å². The Hall–Kier alpha value is -4.65. The third-order valence-corrected chi connectivity index (χ3v) is 10.9. The van der Waals surface area contributed by atoms with Crippen LogP contribution in [0.2, 0.25) is 10.0 Å². The number of hydrogen-bond donors (Lipinski definition) is 1. The van der Waals surface area contributed by atoms with Crippen molar-refractivity contribution in [3.8, 4) is 17.2 Å². The molecule has 4 aromatic rings. The predicted molar refractivity (Wildman–Crippen MR) is 202 cm³/mol. The molecule has 0 amide bonds. The van der Waals surface area contributed by atoms with Crippen molar-refractivity contribution in [3.63, 3.8) is 0 Å². The van der Waals surface area contributed by atoms with Crippen molar-refractivity contribution in [2.75, 3.05) is 38.7 Å². The first-order chi connectivity index (χ1) is 26.6. The zero-order valence-electron chi connectivity index (χ0n) is 30.1. The molecule has 2 bridgehead atoms. The van der Waals surface area contributed by atoms with Crippen LogP contribution in [0.15, 0.2) is 79.1 Å². The Morgan fingerprint density at radius 3 is 2.33 bits per heavy atom. The Morgan fingerprint density at radius 2 is 1.67 bits per heavy atom. The predicted octanol–water partition coefficient (Wildman–Crippen LogP) is 8.72. The number of methoxy groups -OCH3 is 1. The van der Waals surface area contributed by atoms with E-state index in [1.807, 2.05) is 12.1 Å². The molecule has 1 unspecified atom stereocenters. The number of anilines is 1. The van der Waals surface area contributed by atoms with E-state index in [9.17, 15) is 18.4 Å². The first-order valence-electron chi connectivity index (χ1n) is 18.3. The summed E-state index contributed by atoms with van der Waals surface area (Å²) < 4.78 is 54.8. The van der Waals surface area contributed by atoms with E-state index >= 15 is 0 Å². The van der Waals surface area contributed by atoms with Gasteiger partial charge in [0.15, 0.2) is 17.5 Å². The summed E-state index contributed by atoms with van der Waals surface area (Å²) >= 11 is 12.9. The lowest BCUT2D eigenvalue weighted by Crippen LogP contribution is -2.52. The second-order valence-corrected chi connectivity index (χ2v) is 14.9. The van der Waals surface area contributed by atoms with Gasteiger partial charge in [-0.3, -0.25) is 9.88 Å². The number of carbonyl (C=O) groups excluding carboxylic acids is 2. The molecule has 3 atom stereocenters. The van der Waals surface area contributed by atoms with Crippen molar-refractivity contribution in [2.45, 2.75) is 57.0 Å². The topological polar surface area (TPSA) is 108 Å². The Bertz CT molecular complexity index is 1960. The molecular formula is C41H41Cl2F2N3O7. The van der Waals surface area contributed by atoms with Gasteiger partial charge >= 0.3 is 18.6 Å². The molecule has 14 heteroatoms. The minimum atomic E-state index is -3.06. The zero-order chi connectivity index (χ0) is 38.5. The van der Waals surface area contributed by atoms with Gasteiger partial charge in [-0.05, 0) is 116 Å². The van der Waals surface area contributed by atoms with Crippen LogP contribution in [0.3, 0.4) is 0 Å². The summed E-state index contributed by atoms with van der Waals surface area (Å²) in [5.41, 5.74) is 2.38. The van der Waals surface area contributed by atoms with Gasteiger partial charge in [0, 0.05) is 31.0 Å². The van der Waals surface area contributed by atoms with E-state index in [2.05, 4.69) is 15.2 Å². The van der Waals surface area contributed by atoms with E-state index in [4.69, 9.17) is 46.9 Å². The lowest BCUT2D eigenvalue weighted by Gasteiger charge is -2.44. The minimum absolute atomic E-state index is 0.0482. The highest BCUT2D eigenvalue weighted by Crippen LogP contribution is 2.38. The fourth-order valence-electron chi connectivity index (χ4n) is 7.00. The summed E-state index contributed by atoms with van der Waals surface area (Å²) in [7, 11) is 1.56. The molecule has 1 N–H and O–H groups in total. The van der Waals surface area contributed by atoms with Crippen molar-refractivity contribution < 1.29 is 42.1 Å². The van der Waals surface area contributed by atoms with E-state index in [1.54, 1.807) is 43.5 Å². The van der Waals surface area contributed by atoms with Gasteiger partial charge in [-0.1, -0.05) is 41.4 Å². The van der Waals surface area contributed by atoms with E-state index in [-0.39, 0.29) is 39.6 Å². The quantitative estimate of drug-likeness (QED) is 0.111. The highest BCUT2D eigenvalue weighted by Gasteiger charge is 2.38. The van der Waals surface area contributed by atoms with Crippen LogP contribution in [-0.4, -0.2) is 67.9 Å². The average Bonchev–Trinajstić information content (AvgIpc) is 4.03. The van der Waals surface area contributed by atoms with Gasteiger partial charge in [-0.15, -0.1) is 0 Å². The second-order valence-electron chi connectivity index (χ2n) is 14.1. The van der Waals surface area contributed by atoms with Crippen LogP contribution in [0.4, 0.5) is 14.5 Å². The van der Waals surface area contributed by atoms with Crippen molar-refractivity contribution >= 4 is 40.8 Å². The van der Waals surface area contributed by atoms with E-state index in [0.717, 1.165) is 45.3 Å². The lowest BCUT2D eigenvalue weighted by molar-refractivity contribution is -0.159. The number of fused-ring (bicyclic) bond motifs is 3. The van der Waals surface area contributed by atoms with E-state index < -0.39 is 30.7 Å². The standard InChI is InChI=1S/C41H41Cl2F2N3O7/c1-51-30-4-2-3-28(17-30)38(40(50)54-37-22-48-15-13-25(37)14-16-48)47-29-10-7-26(8-11-29)39(49)53-35(19-31-32(42)20-46-21-33(31)43)27-9-12-34(55-41(44)45)36(18-27)52-23-24-5-6-24/h2-4,7-12,17-18,20-21,24-25,35,37-38,41,47H,5-6,13-16,19,22-23H2,1H3/t35-,37-,38?/m0/s1. The van der Waals surface area contributed by atoms with E-state index in [1.165, 1.54) is 30.6 Å². The molecular weight excluding hydrogens is 755 g/mol. The highest BCUT2D eigenvalue weighted by molar-refractivity contribution is 6.35. The third kappa shape index (κ3) is 9.78. The van der Waals surface area contributed by atoms with Gasteiger partial charge in [0.25, 0.3) is 0 Å². The van der Waals surface area contributed by atoms with Crippen molar-refractivity contribution in [1.82, 2.24) is 9.88 Å². The number of nitrogens with zero attached hydrogens (tertiary/aromatic N) is 2. The second kappa shape index (κ2) is 17.4. The smallest absolute Gasteiger partial charge is 0.387 e. The molecule has 1 aromatic heterocycles. The van der Waals surface area contributed by atoms with Crippen LogP contribution in [-0.2, 0) is 20.7 Å². The molecule has 3 aliphatic heterocycles. The number of carbonyl (C=O) groups is 2. The number of benzene rings is 3. The third-order valence-electron chi connectivity index (χ3n) is 10.3. The van der Waals surface area contributed by atoms with Crippen molar-refractivity contribution in [2.24, 2.45) is 11.8 Å². The molecule has 4 aliphatic rings. The summed E-state index contributed by atoms with van der Waals surface area (Å²) in [6.45, 7) is 0.0500. The molecule has 1 aliphatic carbocycles. The molecule has 10 nitrogen and oxygen atoms in total. The highest BCUT2D eigenvalue weighted by atomic mass is 35.5. The SMILES string of the molecule is COc1cccc(C(Nc2ccc(C(=O)O[C@@H](Cc3c(Cl)cncc3Cl)c3ccc(OC(F)F)c(OCC4CC4)c3)cc2)C(=O)O[C@H]2CN3CCC2CC3)c1. The van der Waals surface area contributed by atoms with Crippen LogP contribution in [0.25, 0.3) is 0 Å². The maximum atomic E-state index is 13.8. The Kier molecular flexibility index (Phi) is 12.2. The fraction of sp³-hybridized carbons (Fsp3) is 0.390. The number of aromatic nitrogens is 1. The van der Waals surface area contributed by atoms with Crippen LogP contribution >= 0.6 is 23.2 Å². The summed E-state index contributed by atoms with van der Waals surface area (Å²) in [6.07, 6.45) is 5.76. The summed E-state index contributed by atoms with van der Waals surface area (Å²) in [6, 6.07) is 17.3. The normalized spacial score (nSPS) is 20.0. The monoisotopic (exact) mass is 795 g/mol. The number of ether oxygens (including phenoxy) is 5. The number of alkyl halides is 2. The maximum Gasteiger partial charge on any atom is 0.387 e. The molecule has 8 rings (SSSR count). The van der Waals surface area contributed by atoms with Gasteiger partial charge in [-0.25, -0.2) is 9.59 Å². The molecule has 1 saturated carbocycles. The van der Waals surface area contributed by atoms with Crippen LogP contribution in [0.5, 0.6) is 17.2 Å².